The van der Waals surface area contributed by atoms with Gasteiger partial charge in [0.15, 0.2) is 5.89 Å². The van der Waals surface area contributed by atoms with Gasteiger partial charge in [0.25, 0.3) is 0 Å². The van der Waals surface area contributed by atoms with Crippen LogP contribution in [-0.2, 0) is 35.4 Å². The minimum atomic E-state index is -0.136. The first-order valence-corrected chi connectivity index (χ1v) is 7.94. The SMILES string of the molecule is CCCc1nc2c(o1)CC(C(=O)OCc1ccccc1)CC2. The molecule has 3 rings (SSSR count). The van der Waals surface area contributed by atoms with Crippen molar-refractivity contribution < 1.29 is 13.9 Å². The Hall–Kier alpha value is -2.10. The highest BCUT2D eigenvalue weighted by Gasteiger charge is 2.29. The van der Waals surface area contributed by atoms with Crippen LogP contribution in [0.25, 0.3) is 0 Å². The Bertz CT molecular complexity index is 633. The van der Waals surface area contributed by atoms with Gasteiger partial charge in [-0.1, -0.05) is 37.3 Å². The number of hydrogen-bond acceptors (Lipinski definition) is 4. The number of ether oxygens (including phenoxy) is 1. The van der Waals surface area contributed by atoms with Crippen LogP contribution in [-0.4, -0.2) is 11.0 Å². The molecule has 116 valence electrons. The van der Waals surface area contributed by atoms with Gasteiger partial charge in [0.05, 0.1) is 11.6 Å². The summed E-state index contributed by atoms with van der Waals surface area (Å²) in [5, 5.41) is 0. The van der Waals surface area contributed by atoms with Crippen molar-refractivity contribution in [1.82, 2.24) is 4.98 Å². The fourth-order valence-corrected chi connectivity index (χ4v) is 2.80. The zero-order valence-electron chi connectivity index (χ0n) is 12.9. The van der Waals surface area contributed by atoms with Crippen molar-refractivity contribution in [3.05, 3.63) is 53.2 Å². The van der Waals surface area contributed by atoms with Crippen molar-refractivity contribution in [2.24, 2.45) is 5.92 Å². The molecular formula is C18H21NO3. The molecular weight excluding hydrogens is 278 g/mol. The molecule has 0 saturated carbocycles. The molecule has 1 aromatic heterocycles. The summed E-state index contributed by atoms with van der Waals surface area (Å²) in [6.07, 6.45) is 4.07. The molecule has 0 bridgehead atoms. The van der Waals surface area contributed by atoms with E-state index >= 15 is 0 Å². The summed E-state index contributed by atoms with van der Waals surface area (Å²) in [6, 6.07) is 9.75. The summed E-state index contributed by atoms with van der Waals surface area (Å²) >= 11 is 0. The van der Waals surface area contributed by atoms with E-state index in [0.717, 1.165) is 48.6 Å². The summed E-state index contributed by atoms with van der Waals surface area (Å²) in [4.78, 5) is 16.7. The molecule has 0 fully saturated rings. The van der Waals surface area contributed by atoms with Crippen LogP contribution in [0.5, 0.6) is 0 Å². The van der Waals surface area contributed by atoms with E-state index in [4.69, 9.17) is 9.15 Å². The third-order valence-electron chi connectivity index (χ3n) is 4.01. The molecule has 1 aromatic carbocycles. The van der Waals surface area contributed by atoms with Gasteiger partial charge < -0.3 is 9.15 Å². The Morgan fingerprint density at radius 3 is 2.95 bits per heavy atom. The lowest BCUT2D eigenvalue weighted by atomic mass is 9.90. The van der Waals surface area contributed by atoms with Crippen LogP contribution in [0.15, 0.2) is 34.7 Å². The van der Waals surface area contributed by atoms with Gasteiger partial charge in [-0.3, -0.25) is 4.79 Å². The second-order valence-corrected chi connectivity index (χ2v) is 5.76. The number of fused-ring (bicyclic) bond motifs is 1. The van der Waals surface area contributed by atoms with E-state index in [9.17, 15) is 4.79 Å². The second kappa shape index (κ2) is 6.77. The molecule has 4 nitrogen and oxygen atoms in total. The van der Waals surface area contributed by atoms with Crippen LogP contribution >= 0.6 is 0 Å². The molecule has 2 aromatic rings. The lowest BCUT2D eigenvalue weighted by Crippen LogP contribution is -2.24. The zero-order valence-corrected chi connectivity index (χ0v) is 12.9. The maximum atomic E-state index is 12.2. The van der Waals surface area contributed by atoms with Crippen LogP contribution in [0, 0.1) is 5.92 Å². The van der Waals surface area contributed by atoms with E-state index in [1.54, 1.807) is 0 Å². The molecule has 1 aliphatic rings. The first-order valence-electron chi connectivity index (χ1n) is 7.94. The average molecular weight is 299 g/mol. The number of carbonyl (C=O) groups is 1. The number of aryl methyl sites for hydroxylation is 2. The van der Waals surface area contributed by atoms with E-state index in [0.29, 0.717) is 13.0 Å². The predicted octanol–water partition coefficient (Wildman–Crippen LogP) is 3.48. The Labute approximate surface area is 130 Å². The first kappa shape index (κ1) is 14.8. The summed E-state index contributed by atoms with van der Waals surface area (Å²) in [5.41, 5.74) is 2.04. The topological polar surface area (TPSA) is 52.3 Å². The number of hydrogen-bond donors (Lipinski definition) is 0. The monoisotopic (exact) mass is 299 g/mol. The summed E-state index contributed by atoms with van der Waals surface area (Å²) < 4.78 is 11.2. The lowest BCUT2D eigenvalue weighted by molar-refractivity contribution is -0.150. The number of aromatic nitrogens is 1. The number of carbonyl (C=O) groups excluding carboxylic acids is 1. The highest BCUT2D eigenvalue weighted by Crippen LogP contribution is 2.27. The number of rotatable bonds is 5. The van der Waals surface area contributed by atoms with Gasteiger partial charge in [-0.15, -0.1) is 0 Å². The Balaban J connectivity index is 1.58. The van der Waals surface area contributed by atoms with Gasteiger partial charge in [-0.2, -0.15) is 0 Å². The molecule has 1 unspecified atom stereocenters. The van der Waals surface area contributed by atoms with Crippen molar-refractivity contribution >= 4 is 5.97 Å². The fraction of sp³-hybridized carbons (Fsp3) is 0.444. The van der Waals surface area contributed by atoms with Crippen LogP contribution in [0.4, 0.5) is 0 Å². The van der Waals surface area contributed by atoms with Crippen molar-refractivity contribution in [3.8, 4) is 0 Å². The third-order valence-corrected chi connectivity index (χ3v) is 4.01. The van der Waals surface area contributed by atoms with Crippen LogP contribution in [0.2, 0.25) is 0 Å². The number of nitrogens with zero attached hydrogens (tertiary/aromatic N) is 1. The molecule has 0 amide bonds. The van der Waals surface area contributed by atoms with Crippen LogP contribution in [0.1, 0.15) is 42.7 Å². The van der Waals surface area contributed by atoms with Crippen molar-refractivity contribution in [2.75, 3.05) is 0 Å². The highest BCUT2D eigenvalue weighted by molar-refractivity contribution is 5.73. The maximum absolute atomic E-state index is 12.2. The second-order valence-electron chi connectivity index (χ2n) is 5.76. The highest BCUT2D eigenvalue weighted by atomic mass is 16.5. The number of oxazole rings is 1. The molecule has 4 heteroatoms. The van der Waals surface area contributed by atoms with Gasteiger partial charge in [-0.25, -0.2) is 4.98 Å². The molecule has 0 saturated heterocycles. The zero-order chi connectivity index (χ0) is 15.4. The number of esters is 1. The smallest absolute Gasteiger partial charge is 0.309 e. The van der Waals surface area contributed by atoms with E-state index < -0.39 is 0 Å². The minimum Gasteiger partial charge on any atom is -0.461 e. The molecule has 0 N–H and O–H groups in total. The molecule has 0 aliphatic heterocycles. The summed E-state index contributed by atoms with van der Waals surface area (Å²) in [6.45, 7) is 2.44. The van der Waals surface area contributed by atoms with E-state index in [2.05, 4.69) is 11.9 Å². The van der Waals surface area contributed by atoms with Crippen molar-refractivity contribution in [2.45, 2.75) is 45.6 Å². The maximum Gasteiger partial charge on any atom is 0.309 e. The minimum absolute atomic E-state index is 0.112. The Morgan fingerprint density at radius 2 is 2.18 bits per heavy atom. The molecule has 22 heavy (non-hydrogen) atoms. The largest absolute Gasteiger partial charge is 0.461 e. The predicted molar refractivity (Wildman–Crippen MR) is 82.3 cm³/mol. The van der Waals surface area contributed by atoms with Crippen molar-refractivity contribution in [1.29, 1.82) is 0 Å². The van der Waals surface area contributed by atoms with Crippen molar-refractivity contribution in [3.63, 3.8) is 0 Å². The Kier molecular flexibility index (Phi) is 4.56. The van der Waals surface area contributed by atoms with E-state index in [-0.39, 0.29) is 11.9 Å². The lowest BCUT2D eigenvalue weighted by Gasteiger charge is -2.18. The first-order chi connectivity index (χ1) is 10.8. The number of benzene rings is 1. The summed E-state index contributed by atoms with van der Waals surface area (Å²) in [5.74, 6) is 1.42. The van der Waals surface area contributed by atoms with Gasteiger partial charge in [0.2, 0.25) is 0 Å². The van der Waals surface area contributed by atoms with Gasteiger partial charge in [0, 0.05) is 12.8 Å². The van der Waals surface area contributed by atoms with Gasteiger partial charge in [0.1, 0.15) is 12.4 Å². The summed E-state index contributed by atoms with van der Waals surface area (Å²) in [7, 11) is 0. The van der Waals surface area contributed by atoms with Gasteiger partial charge >= 0.3 is 5.97 Å². The standard InChI is InChI=1S/C18H21NO3/c1-2-6-17-19-15-10-9-14(11-16(15)22-17)18(20)21-12-13-7-4-3-5-8-13/h3-5,7-8,14H,2,6,9-12H2,1H3. The van der Waals surface area contributed by atoms with Crippen LogP contribution < -0.4 is 0 Å². The Morgan fingerprint density at radius 1 is 1.36 bits per heavy atom. The van der Waals surface area contributed by atoms with E-state index in [1.165, 1.54) is 0 Å². The molecule has 1 aliphatic carbocycles. The fourth-order valence-electron chi connectivity index (χ4n) is 2.80. The van der Waals surface area contributed by atoms with Crippen LogP contribution in [0.3, 0.4) is 0 Å². The molecule has 0 radical (unpaired) electrons. The average Bonchev–Trinajstić information content (AvgIpc) is 2.95. The quantitative estimate of drug-likeness (QED) is 0.793. The van der Waals surface area contributed by atoms with E-state index in [1.807, 2.05) is 30.3 Å². The third kappa shape index (κ3) is 3.38. The normalized spacial score (nSPS) is 17.0. The van der Waals surface area contributed by atoms with Gasteiger partial charge in [-0.05, 0) is 24.8 Å². The molecule has 1 heterocycles. The molecule has 0 spiro atoms. The molecule has 1 atom stereocenters.